The minimum absolute atomic E-state index is 0.897. The van der Waals surface area contributed by atoms with E-state index in [0.29, 0.717) is 0 Å². The van der Waals surface area contributed by atoms with E-state index >= 15 is 0 Å². The lowest BCUT2D eigenvalue weighted by atomic mass is 9.97. The molecule has 0 spiro atoms. The molecule has 0 aromatic rings. The average Bonchev–Trinajstić information content (AvgIpc) is 2.73. The Hall–Kier alpha value is 0. The normalized spacial score (nSPS) is 12.7. The van der Waals surface area contributed by atoms with Gasteiger partial charge in [0, 0.05) is 0 Å². The molecule has 0 radical (unpaired) electrons. The van der Waals surface area contributed by atoms with Gasteiger partial charge in [0.1, 0.15) is 0 Å². The fourth-order valence-electron chi connectivity index (χ4n) is 4.75. The molecule has 182 valence electrons. The van der Waals surface area contributed by atoms with Crippen LogP contribution in [0.5, 0.6) is 0 Å². The average molecular weight is 423 g/mol. The highest BCUT2D eigenvalue weighted by atomic mass is 14.1. The molecule has 0 aliphatic carbocycles. The summed E-state index contributed by atoms with van der Waals surface area (Å²) in [5.41, 5.74) is 0. The van der Waals surface area contributed by atoms with Crippen molar-refractivity contribution in [1.29, 1.82) is 0 Å². The van der Waals surface area contributed by atoms with Gasteiger partial charge >= 0.3 is 0 Å². The van der Waals surface area contributed by atoms with Gasteiger partial charge in [0.2, 0.25) is 0 Å². The zero-order chi connectivity index (χ0) is 22.1. The summed E-state index contributed by atoms with van der Waals surface area (Å²) in [6, 6.07) is 0. The van der Waals surface area contributed by atoms with Crippen LogP contribution in [0.4, 0.5) is 0 Å². The molecule has 0 N–H and O–H groups in total. The van der Waals surface area contributed by atoms with Gasteiger partial charge in [-0.05, 0) is 11.8 Å². The molecule has 0 fully saturated rings. The highest BCUT2D eigenvalue weighted by Crippen LogP contribution is 2.18. The van der Waals surface area contributed by atoms with E-state index < -0.39 is 0 Å². The lowest BCUT2D eigenvalue weighted by molar-refractivity contribution is 0.440. The maximum Gasteiger partial charge on any atom is -0.0443 e. The molecule has 1 atom stereocenters. The largest absolute Gasteiger partial charge is 0.0654 e. The van der Waals surface area contributed by atoms with Gasteiger partial charge in [-0.15, -0.1) is 0 Å². The predicted molar refractivity (Wildman–Crippen MR) is 140 cm³/mol. The summed E-state index contributed by atoms with van der Waals surface area (Å²) < 4.78 is 0. The van der Waals surface area contributed by atoms with Crippen LogP contribution in [-0.2, 0) is 0 Å². The topological polar surface area (TPSA) is 0 Å². The second-order valence-corrected chi connectivity index (χ2v) is 10.9. The van der Waals surface area contributed by atoms with E-state index in [1.54, 1.807) is 0 Å². The summed E-state index contributed by atoms with van der Waals surface area (Å²) in [4.78, 5) is 0. The Morgan fingerprint density at radius 2 is 0.600 bits per heavy atom. The Morgan fingerprint density at radius 3 is 0.900 bits per heavy atom. The van der Waals surface area contributed by atoms with E-state index in [2.05, 4.69) is 27.7 Å². The van der Waals surface area contributed by atoms with E-state index in [0.717, 1.165) is 11.8 Å². The van der Waals surface area contributed by atoms with Crippen LogP contribution in [-0.4, -0.2) is 0 Å². The van der Waals surface area contributed by atoms with Gasteiger partial charge in [0.05, 0.1) is 0 Å². The minimum Gasteiger partial charge on any atom is -0.0654 e. The van der Waals surface area contributed by atoms with Crippen LogP contribution < -0.4 is 0 Å². The van der Waals surface area contributed by atoms with Crippen molar-refractivity contribution in [3.05, 3.63) is 0 Å². The molecular formula is C30H62. The van der Waals surface area contributed by atoms with Gasteiger partial charge in [-0.3, -0.25) is 0 Å². The number of hydrogen-bond donors (Lipinski definition) is 0. The van der Waals surface area contributed by atoms with Crippen molar-refractivity contribution in [2.75, 3.05) is 0 Å². The van der Waals surface area contributed by atoms with Gasteiger partial charge in [0.15, 0.2) is 0 Å². The van der Waals surface area contributed by atoms with E-state index in [1.807, 2.05) is 0 Å². The third-order valence-corrected chi connectivity index (χ3v) is 7.03. The molecule has 0 saturated heterocycles. The second-order valence-electron chi connectivity index (χ2n) is 10.9. The first-order valence-electron chi connectivity index (χ1n) is 14.7. The van der Waals surface area contributed by atoms with E-state index in [-0.39, 0.29) is 0 Å². The van der Waals surface area contributed by atoms with Gasteiger partial charge in [-0.25, -0.2) is 0 Å². The van der Waals surface area contributed by atoms with Gasteiger partial charge < -0.3 is 0 Å². The summed E-state index contributed by atoms with van der Waals surface area (Å²) in [7, 11) is 0. The molecule has 0 nitrogen and oxygen atoms in total. The molecule has 30 heavy (non-hydrogen) atoms. The fraction of sp³-hybridized carbons (Fsp3) is 1.00. The Kier molecular flexibility index (Phi) is 25.3. The zero-order valence-corrected chi connectivity index (χ0v) is 22.1. The quantitative estimate of drug-likeness (QED) is 0.128. The highest BCUT2D eigenvalue weighted by molar-refractivity contribution is 4.55. The SMILES string of the molecule is CCCCC(C)CCCCCCCCCCCCCCCCCCCCCC(C)C. The predicted octanol–water partition coefficient (Wildman–Crippen LogP) is 11.7. The molecule has 0 heterocycles. The van der Waals surface area contributed by atoms with Crippen LogP contribution in [0.3, 0.4) is 0 Å². The summed E-state index contributed by atoms with van der Waals surface area (Å²) in [6.07, 6.45) is 35.3. The monoisotopic (exact) mass is 422 g/mol. The molecule has 0 bridgehead atoms. The molecule has 0 saturated carbocycles. The van der Waals surface area contributed by atoms with Crippen molar-refractivity contribution >= 4 is 0 Å². The first kappa shape index (κ1) is 30.0. The molecule has 0 aliphatic heterocycles. The third-order valence-electron chi connectivity index (χ3n) is 7.03. The van der Waals surface area contributed by atoms with E-state index in [1.165, 1.54) is 154 Å². The van der Waals surface area contributed by atoms with Gasteiger partial charge in [-0.2, -0.15) is 0 Å². The third kappa shape index (κ3) is 26.0. The minimum atomic E-state index is 0.897. The lowest BCUT2D eigenvalue weighted by Gasteiger charge is -2.10. The molecule has 0 heteroatoms. The van der Waals surface area contributed by atoms with Crippen LogP contribution in [0.15, 0.2) is 0 Å². The Balaban J connectivity index is 3.05. The Labute approximate surface area is 193 Å². The van der Waals surface area contributed by atoms with Crippen LogP contribution in [0, 0.1) is 11.8 Å². The van der Waals surface area contributed by atoms with Crippen molar-refractivity contribution in [1.82, 2.24) is 0 Å². The maximum atomic E-state index is 2.45. The molecule has 0 amide bonds. The fourth-order valence-corrected chi connectivity index (χ4v) is 4.75. The summed E-state index contributed by atoms with van der Waals surface area (Å²) >= 11 is 0. The molecule has 0 aromatic heterocycles. The van der Waals surface area contributed by atoms with Crippen molar-refractivity contribution in [3.8, 4) is 0 Å². The van der Waals surface area contributed by atoms with Crippen molar-refractivity contribution in [2.45, 2.75) is 182 Å². The van der Waals surface area contributed by atoms with E-state index in [9.17, 15) is 0 Å². The second kappa shape index (κ2) is 25.3. The van der Waals surface area contributed by atoms with Crippen molar-refractivity contribution in [3.63, 3.8) is 0 Å². The van der Waals surface area contributed by atoms with E-state index in [4.69, 9.17) is 0 Å². The van der Waals surface area contributed by atoms with Crippen LogP contribution >= 0.6 is 0 Å². The van der Waals surface area contributed by atoms with Crippen LogP contribution in [0.25, 0.3) is 0 Å². The summed E-state index contributed by atoms with van der Waals surface area (Å²) in [6.45, 7) is 9.45. The smallest absolute Gasteiger partial charge is 0.0443 e. The van der Waals surface area contributed by atoms with Crippen molar-refractivity contribution in [2.24, 2.45) is 11.8 Å². The summed E-state index contributed by atoms with van der Waals surface area (Å²) in [5, 5.41) is 0. The van der Waals surface area contributed by atoms with Crippen molar-refractivity contribution < 1.29 is 0 Å². The number of rotatable bonds is 25. The lowest BCUT2D eigenvalue weighted by Crippen LogP contribution is -1.94. The Bertz CT molecular complexity index is 292. The molecular weight excluding hydrogens is 360 g/mol. The maximum absolute atomic E-state index is 2.45. The highest BCUT2D eigenvalue weighted by Gasteiger charge is 2.01. The van der Waals surface area contributed by atoms with Crippen LogP contribution in [0.2, 0.25) is 0 Å². The summed E-state index contributed by atoms with van der Waals surface area (Å²) in [5.74, 6) is 1.86. The molecule has 0 rings (SSSR count). The number of hydrogen-bond acceptors (Lipinski definition) is 0. The zero-order valence-electron chi connectivity index (χ0n) is 22.1. The Morgan fingerprint density at radius 1 is 0.333 bits per heavy atom. The molecule has 1 unspecified atom stereocenters. The van der Waals surface area contributed by atoms with Crippen LogP contribution in [0.1, 0.15) is 182 Å². The van der Waals surface area contributed by atoms with Gasteiger partial charge in [-0.1, -0.05) is 182 Å². The standard InChI is InChI=1S/C30H62/c1-5-6-27-30(4)28-25-23-21-19-17-15-13-11-9-7-8-10-12-14-16-18-20-22-24-26-29(2)3/h29-30H,5-28H2,1-4H3. The molecule has 0 aromatic carbocycles. The molecule has 0 aliphatic rings. The first-order chi connectivity index (χ1) is 14.7. The van der Waals surface area contributed by atoms with Gasteiger partial charge in [0.25, 0.3) is 0 Å². The first-order valence-corrected chi connectivity index (χ1v) is 14.7. The number of unbranched alkanes of at least 4 members (excludes halogenated alkanes) is 19.